The zero-order valence-corrected chi connectivity index (χ0v) is 9.87. The molecular formula is C7H10Cl3NO3. The van der Waals surface area contributed by atoms with Gasteiger partial charge in [-0.25, -0.2) is 4.79 Å². The molecule has 14 heavy (non-hydrogen) atoms. The largest absolute Gasteiger partial charge is 0.480 e. The molecule has 0 unspecified atom stereocenters. The second kappa shape index (κ2) is 4.55. The van der Waals surface area contributed by atoms with E-state index in [1.807, 2.05) is 0 Å². The summed E-state index contributed by atoms with van der Waals surface area (Å²) in [6, 6.07) is 0. The fourth-order valence-corrected chi connectivity index (χ4v) is 0.756. The van der Waals surface area contributed by atoms with Crippen molar-refractivity contribution < 1.29 is 14.7 Å². The second-order valence-electron chi connectivity index (χ2n) is 2.94. The molecule has 0 saturated heterocycles. The van der Waals surface area contributed by atoms with E-state index < -0.39 is 21.2 Å². The van der Waals surface area contributed by atoms with Crippen molar-refractivity contribution in [1.29, 1.82) is 0 Å². The van der Waals surface area contributed by atoms with Crippen molar-refractivity contribution >= 4 is 46.7 Å². The smallest absolute Gasteiger partial charge is 0.329 e. The molecule has 0 spiro atoms. The Hall–Kier alpha value is -0.190. The number of nitrogens with one attached hydrogen (secondary N) is 1. The van der Waals surface area contributed by atoms with Gasteiger partial charge in [0.15, 0.2) is 0 Å². The molecule has 7 heteroatoms. The summed E-state index contributed by atoms with van der Waals surface area (Å²) in [6.07, 6.45) is 0.189. The fraction of sp³-hybridized carbons (Fsp3) is 0.714. The van der Waals surface area contributed by atoms with E-state index in [2.05, 4.69) is 5.32 Å². The average Bonchev–Trinajstić information content (AvgIpc) is 2.02. The predicted octanol–water partition coefficient (Wildman–Crippen LogP) is 1.73. The molecule has 0 fully saturated rings. The van der Waals surface area contributed by atoms with Gasteiger partial charge in [-0.3, -0.25) is 4.79 Å². The van der Waals surface area contributed by atoms with Crippen LogP contribution < -0.4 is 5.32 Å². The van der Waals surface area contributed by atoms with Gasteiger partial charge >= 0.3 is 5.97 Å². The van der Waals surface area contributed by atoms with Crippen LogP contribution in [0, 0.1) is 0 Å². The molecule has 2 N–H and O–H groups in total. The van der Waals surface area contributed by atoms with Crippen molar-refractivity contribution in [3.63, 3.8) is 0 Å². The van der Waals surface area contributed by atoms with E-state index in [9.17, 15) is 9.59 Å². The molecule has 0 heterocycles. The van der Waals surface area contributed by atoms with Gasteiger partial charge in [0.2, 0.25) is 0 Å². The van der Waals surface area contributed by atoms with E-state index in [4.69, 9.17) is 39.9 Å². The first-order chi connectivity index (χ1) is 6.13. The van der Waals surface area contributed by atoms with Gasteiger partial charge in [-0.05, 0) is 13.3 Å². The number of carboxylic acid groups (broad SMARTS) is 1. The lowest BCUT2D eigenvalue weighted by Crippen LogP contribution is -2.54. The average molecular weight is 263 g/mol. The topological polar surface area (TPSA) is 66.4 Å². The Morgan fingerprint density at radius 1 is 1.36 bits per heavy atom. The monoisotopic (exact) mass is 261 g/mol. The maximum atomic E-state index is 11.2. The van der Waals surface area contributed by atoms with Gasteiger partial charge in [-0.1, -0.05) is 41.7 Å². The Balaban J connectivity index is 4.65. The summed E-state index contributed by atoms with van der Waals surface area (Å²) in [4.78, 5) is 21.9. The highest BCUT2D eigenvalue weighted by atomic mass is 35.6. The first-order valence-electron chi connectivity index (χ1n) is 3.76. The standard InChI is InChI=1S/C7H10Cl3NO3/c1-3-6(2,5(13)14)11-4(12)7(8,9)10/h3H2,1-2H3,(H,11,12)(H,13,14)/t6-/m1/s1. The van der Waals surface area contributed by atoms with Crippen LogP contribution in [0.5, 0.6) is 0 Å². The molecule has 0 bridgehead atoms. The van der Waals surface area contributed by atoms with Crippen LogP contribution in [0.25, 0.3) is 0 Å². The molecule has 0 aliphatic carbocycles. The van der Waals surface area contributed by atoms with Crippen molar-refractivity contribution in [2.75, 3.05) is 0 Å². The molecule has 0 aliphatic heterocycles. The summed E-state index contributed by atoms with van der Waals surface area (Å²) in [6.45, 7) is 2.94. The number of carbonyl (C=O) groups excluding carboxylic acids is 1. The Labute approximate surface area is 96.5 Å². The highest BCUT2D eigenvalue weighted by Gasteiger charge is 2.39. The summed E-state index contributed by atoms with van der Waals surface area (Å²) in [5.74, 6) is -2.13. The molecule has 1 atom stereocenters. The lowest BCUT2D eigenvalue weighted by molar-refractivity contribution is -0.146. The number of hydrogen-bond acceptors (Lipinski definition) is 2. The van der Waals surface area contributed by atoms with E-state index in [0.29, 0.717) is 0 Å². The molecule has 0 radical (unpaired) electrons. The number of aliphatic carboxylic acids is 1. The van der Waals surface area contributed by atoms with Crippen molar-refractivity contribution in [3.8, 4) is 0 Å². The number of carbonyl (C=O) groups is 2. The Kier molecular flexibility index (Phi) is 4.49. The van der Waals surface area contributed by atoms with E-state index in [0.717, 1.165) is 0 Å². The van der Waals surface area contributed by atoms with Gasteiger partial charge in [0.05, 0.1) is 0 Å². The van der Waals surface area contributed by atoms with Gasteiger partial charge in [0, 0.05) is 0 Å². The van der Waals surface area contributed by atoms with Crippen LogP contribution in [0.3, 0.4) is 0 Å². The molecule has 0 aromatic heterocycles. The minimum atomic E-state index is -2.15. The molecule has 0 rings (SSSR count). The minimum Gasteiger partial charge on any atom is -0.480 e. The Morgan fingerprint density at radius 2 is 1.79 bits per heavy atom. The van der Waals surface area contributed by atoms with Crippen LogP contribution in [0.2, 0.25) is 0 Å². The number of hydrogen-bond donors (Lipinski definition) is 2. The van der Waals surface area contributed by atoms with Crippen molar-refractivity contribution in [1.82, 2.24) is 5.32 Å². The zero-order chi connectivity index (χ0) is 11.6. The van der Waals surface area contributed by atoms with Crippen molar-refractivity contribution in [2.24, 2.45) is 0 Å². The first-order valence-corrected chi connectivity index (χ1v) is 4.89. The fourth-order valence-electron chi connectivity index (χ4n) is 0.615. The van der Waals surface area contributed by atoms with E-state index in [-0.39, 0.29) is 6.42 Å². The van der Waals surface area contributed by atoms with Gasteiger partial charge in [-0.15, -0.1) is 0 Å². The number of rotatable bonds is 3. The lowest BCUT2D eigenvalue weighted by Gasteiger charge is -2.26. The highest BCUT2D eigenvalue weighted by Crippen LogP contribution is 2.27. The van der Waals surface area contributed by atoms with Crippen LogP contribution in [-0.2, 0) is 9.59 Å². The summed E-state index contributed by atoms with van der Waals surface area (Å²) < 4.78 is -2.15. The third-order valence-electron chi connectivity index (χ3n) is 1.83. The zero-order valence-electron chi connectivity index (χ0n) is 7.60. The number of alkyl halides is 3. The maximum Gasteiger partial charge on any atom is 0.329 e. The molecule has 0 aromatic rings. The maximum absolute atomic E-state index is 11.2. The van der Waals surface area contributed by atoms with Crippen molar-refractivity contribution in [2.45, 2.75) is 29.6 Å². The predicted molar refractivity (Wildman–Crippen MR) is 54.8 cm³/mol. The van der Waals surface area contributed by atoms with Gasteiger partial charge in [0.25, 0.3) is 9.70 Å². The molecule has 0 saturated carbocycles. The van der Waals surface area contributed by atoms with Gasteiger partial charge in [-0.2, -0.15) is 0 Å². The van der Waals surface area contributed by atoms with Crippen LogP contribution in [0.4, 0.5) is 0 Å². The van der Waals surface area contributed by atoms with Crippen LogP contribution in [-0.4, -0.2) is 26.3 Å². The van der Waals surface area contributed by atoms with E-state index in [1.54, 1.807) is 6.92 Å². The molecular weight excluding hydrogens is 252 g/mol. The van der Waals surface area contributed by atoms with E-state index >= 15 is 0 Å². The van der Waals surface area contributed by atoms with Crippen LogP contribution in [0.15, 0.2) is 0 Å². The molecule has 0 aliphatic rings. The molecule has 4 nitrogen and oxygen atoms in total. The van der Waals surface area contributed by atoms with Crippen LogP contribution in [0.1, 0.15) is 20.3 Å². The quantitative estimate of drug-likeness (QED) is 0.761. The Bertz CT molecular complexity index is 251. The molecule has 0 aromatic carbocycles. The number of amides is 1. The normalized spacial score (nSPS) is 15.8. The Morgan fingerprint density at radius 3 is 2.00 bits per heavy atom. The van der Waals surface area contributed by atoms with Crippen molar-refractivity contribution in [3.05, 3.63) is 0 Å². The first kappa shape index (κ1) is 13.8. The third kappa shape index (κ3) is 3.52. The minimum absolute atomic E-state index is 0.189. The van der Waals surface area contributed by atoms with Gasteiger partial charge in [0.1, 0.15) is 5.54 Å². The third-order valence-corrected chi connectivity index (χ3v) is 2.34. The summed E-state index contributed by atoms with van der Waals surface area (Å²) in [5, 5.41) is 11.0. The lowest BCUT2D eigenvalue weighted by atomic mass is 9.99. The van der Waals surface area contributed by atoms with E-state index in [1.165, 1.54) is 6.92 Å². The number of carboxylic acids is 1. The number of halogens is 3. The second-order valence-corrected chi connectivity index (χ2v) is 5.22. The molecule has 82 valence electrons. The summed E-state index contributed by atoms with van der Waals surface area (Å²) in [5.41, 5.74) is -1.42. The van der Waals surface area contributed by atoms with Crippen LogP contribution >= 0.6 is 34.8 Å². The highest BCUT2D eigenvalue weighted by molar-refractivity contribution is 6.76. The summed E-state index contributed by atoms with van der Waals surface area (Å²) >= 11 is 15.8. The molecule has 1 amide bonds. The van der Waals surface area contributed by atoms with Gasteiger partial charge < -0.3 is 10.4 Å². The SMILES string of the molecule is CC[C@@](C)(NC(=O)C(Cl)(Cl)Cl)C(=O)O. The summed E-state index contributed by atoms with van der Waals surface area (Å²) in [7, 11) is 0.